The summed E-state index contributed by atoms with van der Waals surface area (Å²) in [5.74, 6) is 0. The fraction of sp³-hybridized carbons (Fsp3) is 0.500. The van der Waals surface area contributed by atoms with Gasteiger partial charge in [0.2, 0.25) is 0 Å². The van der Waals surface area contributed by atoms with Gasteiger partial charge < -0.3 is 10.0 Å². The van der Waals surface area contributed by atoms with Crippen molar-refractivity contribution < 1.29 is 5.11 Å². The van der Waals surface area contributed by atoms with Crippen LogP contribution in [0.1, 0.15) is 11.7 Å². The zero-order valence-corrected chi connectivity index (χ0v) is 9.52. The summed E-state index contributed by atoms with van der Waals surface area (Å²) in [6, 6.07) is 0. The maximum Gasteiger partial charge on any atom is 0.0935 e. The topological polar surface area (TPSA) is 23.5 Å². The number of aliphatic hydroxyl groups is 1. The third-order valence-corrected chi connectivity index (χ3v) is 3.29. The molecule has 0 aromatic carbocycles. The van der Waals surface area contributed by atoms with Crippen molar-refractivity contribution in [1.82, 2.24) is 4.90 Å². The van der Waals surface area contributed by atoms with Crippen LogP contribution < -0.4 is 0 Å². The van der Waals surface area contributed by atoms with E-state index < -0.39 is 0 Å². The van der Waals surface area contributed by atoms with Gasteiger partial charge in [-0.05, 0) is 35.4 Å². The molecule has 1 unspecified atom stereocenters. The van der Waals surface area contributed by atoms with Crippen molar-refractivity contribution in [2.75, 3.05) is 20.6 Å². The van der Waals surface area contributed by atoms with Crippen LogP contribution in [0.25, 0.3) is 0 Å². The number of hydrogen-bond acceptors (Lipinski definition) is 3. The summed E-state index contributed by atoms with van der Waals surface area (Å²) in [4.78, 5) is 1.97. The SMILES string of the molecule is CN(C)CC(O)c1cscc1Br. The Labute approximate surface area is 85.0 Å². The molecule has 0 aliphatic carbocycles. The van der Waals surface area contributed by atoms with Crippen LogP contribution in [0, 0.1) is 0 Å². The van der Waals surface area contributed by atoms with Gasteiger partial charge in [0.25, 0.3) is 0 Å². The average Bonchev–Trinajstić information content (AvgIpc) is 2.33. The van der Waals surface area contributed by atoms with Gasteiger partial charge in [0.15, 0.2) is 0 Å². The molecule has 0 amide bonds. The zero-order valence-electron chi connectivity index (χ0n) is 7.12. The van der Waals surface area contributed by atoms with Crippen LogP contribution in [-0.4, -0.2) is 30.6 Å². The Morgan fingerprint density at radius 1 is 1.58 bits per heavy atom. The number of likely N-dealkylation sites (N-methyl/N-ethyl adjacent to an activating group) is 1. The summed E-state index contributed by atoms with van der Waals surface area (Å²) < 4.78 is 1.00. The summed E-state index contributed by atoms with van der Waals surface area (Å²) in [6.45, 7) is 0.662. The summed E-state index contributed by atoms with van der Waals surface area (Å²) >= 11 is 4.98. The lowest BCUT2D eigenvalue weighted by atomic mass is 10.2. The standard InChI is InChI=1S/C8H12BrNOS/c1-10(2)3-8(11)6-4-12-5-7(6)9/h4-5,8,11H,3H2,1-2H3. The lowest BCUT2D eigenvalue weighted by molar-refractivity contribution is 0.138. The minimum atomic E-state index is -0.388. The molecule has 1 aromatic heterocycles. The van der Waals surface area contributed by atoms with Gasteiger partial charge in [-0.1, -0.05) is 0 Å². The summed E-state index contributed by atoms with van der Waals surface area (Å²) in [7, 11) is 3.90. The molecule has 68 valence electrons. The Hall–Kier alpha value is 0.100. The predicted molar refractivity (Wildman–Crippen MR) is 55.5 cm³/mol. The Morgan fingerprint density at radius 2 is 2.25 bits per heavy atom. The Bertz CT molecular complexity index is 249. The number of halogens is 1. The monoisotopic (exact) mass is 249 g/mol. The van der Waals surface area contributed by atoms with E-state index in [-0.39, 0.29) is 6.10 Å². The first kappa shape index (κ1) is 10.2. The molecule has 1 aromatic rings. The van der Waals surface area contributed by atoms with Crippen LogP contribution in [0.15, 0.2) is 15.2 Å². The van der Waals surface area contributed by atoms with E-state index in [0.29, 0.717) is 6.54 Å². The third kappa shape index (κ3) is 2.55. The van der Waals surface area contributed by atoms with Gasteiger partial charge in [-0.2, -0.15) is 11.3 Å². The molecule has 1 N–H and O–H groups in total. The number of thiophene rings is 1. The highest BCUT2D eigenvalue weighted by molar-refractivity contribution is 9.10. The van der Waals surface area contributed by atoms with Crippen LogP contribution >= 0.6 is 27.3 Å². The van der Waals surface area contributed by atoms with Gasteiger partial charge in [0.1, 0.15) is 0 Å². The van der Waals surface area contributed by atoms with E-state index in [1.165, 1.54) is 0 Å². The Kier molecular flexibility index (Phi) is 3.71. The highest BCUT2D eigenvalue weighted by atomic mass is 79.9. The first-order chi connectivity index (χ1) is 5.61. The third-order valence-electron chi connectivity index (χ3n) is 1.54. The molecule has 0 spiro atoms. The molecular formula is C8H12BrNOS. The molecule has 0 fully saturated rings. The molecule has 0 aliphatic rings. The molecule has 2 nitrogen and oxygen atoms in total. The van der Waals surface area contributed by atoms with E-state index in [1.54, 1.807) is 11.3 Å². The van der Waals surface area contributed by atoms with Gasteiger partial charge in [-0.25, -0.2) is 0 Å². The number of aliphatic hydroxyl groups excluding tert-OH is 1. The van der Waals surface area contributed by atoms with Gasteiger partial charge in [0.05, 0.1) is 6.10 Å². The van der Waals surface area contributed by atoms with E-state index in [0.717, 1.165) is 10.0 Å². The fourth-order valence-electron chi connectivity index (χ4n) is 0.973. The first-order valence-electron chi connectivity index (χ1n) is 3.65. The van der Waals surface area contributed by atoms with Crippen molar-refractivity contribution in [2.45, 2.75) is 6.10 Å². The van der Waals surface area contributed by atoms with Crippen LogP contribution in [0.4, 0.5) is 0 Å². The van der Waals surface area contributed by atoms with Crippen molar-refractivity contribution in [2.24, 2.45) is 0 Å². The fourth-order valence-corrected chi connectivity index (χ4v) is 2.58. The first-order valence-corrected chi connectivity index (χ1v) is 5.39. The molecule has 0 saturated heterocycles. The molecule has 0 bridgehead atoms. The summed E-state index contributed by atoms with van der Waals surface area (Å²) in [5, 5.41) is 13.6. The maximum absolute atomic E-state index is 9.70. The highest BCUT2D eigenvalue weighted by Crippen LogP contribution is 2.27. The molecular weight excluding hydrogens is 238 g/mol. The van der Waals surface area contributed by atoms with Crippen molar-refractivity contribution in [3.05, 3.63) is 20.8 Å². The second-order valence-corrected chi connectivity index (χ2v) is 4.55. The molecule has 1 atom stereocenters. The van der Waals surface area contributed by atoms with Crippen LogP contribution in [0.5, 0.6) is 0 Å². The van der Waals surface area contributed by atoms with Gasteiger partial charge in [-0.3, -0.25) is 0 Å². The van der Waals surface area contributed by atoms with E-state index in [9.17, 15) is 5.11 Å². The van der Waals surface area contributed by atoms with Crippen LogP contribution in [-0.2, 0) is 0 Å². The van der Waals surface area contributed by atoms with E-state index in [4.69, 9.17) is 0 Å². The smallest absolute Gasteiger partial charge is 0.0935 e. The molecule has 12 heavy (non-hydrogen) atoms. The summed E-state index contributed by atoms with van der Waals surface area (Å²) in [5.41, 5.74) is 0.980. The lowest BCUT2D eigenvalue weighted by Gasteiger charge is -2.15. The molecule has 0 radical (unpaired) electrons. The number of hydrogen-bond donors (Lipinski definition) is 1. The van der Waals surface area contributed by atoms with Crippen LogP contribution in [0.3, 0.4) is 0 Å². The van der Waals surface area contributed by atoms with Crippen molar-refractivity contribution in [3.8, 4) is 0 Å². The molecule has 4 heteroatoms. The molecule has 0 saturated carbocycles. The van der Waals surface area contributed by atoms with E-state index >= 15 is 0 Å². The minimum Gasteiger partial charge on any atom is -0.387 e. The maximum atomic E-state index is 9.70. The largest absolute Gasteiger partial charge is 0.387 e. The van der Waals surface area contributed by atoms with Crippen molar-refractivity contribution in [3.63, 3.8) is 0 Å². The Morgan fingerprint density at radius 3 is 2.67 bits per heavy atom. The van der Waals surface area contributed by atoms with Crippen molar-refractivity contribution >= 4 is 27.3 Å². The number of nitrogens with zero attached hydrogens (tertiary/aromatic N) is 1. The number of rotatable bonds is 3. The second kappa shape index (κ2) is 4.37. The minimum absolute atomic E-state index is 0.388. The van der Waals surface area contributed by atoms with Crippen LogP contribution in [0.2, 0.25) is 0 Å². The lowest BCUT2D eigenvalue weighted by Crippen LogP contribution is -2.19. The quantitative estimate of drug-likeness (QED) is 0.888. The molecule has 1 heterocycles. The van der Waals surface area contributed by atoms with Gasteiger partial charge in [-0.15, -0.1) is 0 Å². The van der Waals surface area contributed by atoms with Gasteiger partial charge >= 0.3 is 0 Å². The average molecular weight is 250 g/mol. The zero-order chi connectivity index (χ0) is 9.14. The second-order valence-electron chi connectivity index (χ2n) is 2.95. The van der Waals surface area contributed by atoms with Gasteiger partial charge in [0, 0.05) is 22.0 Å². The summed E-state index contributed by atoms with van der Waals surface area (Å²) in [6.07, 6.45) is -0.388. The Balaban J connectivity index is 2.65. The van der Waals surface area contributed by atoms with E-state index in [1.807, 2.05) is 29.8 Å². The normalized spacial score (nSPS) is 13.8. The molecule has 1 rings (SSSR count). The predicted octanol–water partition coefficient (Wildman–Crippen LogP) is 2.11. The van der Waals surface area contributed by atoms with E-state index in [2.05, 4.69) is 15.9 Å². The van der Waals surface area contributed by atoms with Crippen molar-refractivity contribution in [1.29, 1.82) is 0 Å². The highest BCUT2D eigenvalue weighted by Gasteiger charge is 2.12. The molecule has 0 aliphatic heterocycles.